The molecule has 1 aliphatic rings. The highest BCUT2D eigenvalue weighted by atomic mass is 35.5. The van der Waals surface area contributed by atoms with Gasteiger partial charge in [-0.15, -0.1) is 0 Å². The predicted molar refractivity (Wildman–Crippen MR) is 122 cm³/mol. The van der Waals surface area contributed by atoms with E-state index >= 15 is 0 Å². The normalized spacial score (nSPS) is 12.9. The van der Waals surface area contributed by atoms with E-state index in [1.54, 1.807) is 12.1 Å². The molecule has 0 bridgehead atoms. The van der Waals surface area contributed by atoms with Crippen molar-refractivity contribution in [1.29, 1.82) is 0 Å². The second-order valence-electron chi connectivity index (χ2n) is 6.48. The highest BCUT2D eigenvalue weighted by Crippen LogP contribution is 2.28. The Bertz CT molecular complexity index is 1150. The molecule has 2 aromatic rings. The number of carbonyl (C=O) groups excluding carboxylic acids is 2. The van der Waals surface area contributed by atoms with Gasteiger partial charge in [0.1, 0.15) is 17.4 Å². The summed E-state index contributed by atoms with van der Waals surface area (Å²) >= 11 is 6.30. The molecule has 166 valence electrons. The number of hydrogen-bond acceptors (Lipinski definition) is 7. The first kappa shape index (κ1) is 22.6. The molecule has 0 fully saturated rings. The van der Waals surface area contributed by atoms with Crippen molar-refractivity contribution in [3.05, 3.63) is 71.3 Å². The molecule has 0 unspecified atom stereocenters. The summed E-state index contributed by atoms with van der Waals surface area (Å²) in [5.74, 6) is -0.504. The molecule has 0 atom stereocenters. The van der Waals surface area contributed by atoms with Gasteiger partial charge in [0.2, 0.25) is 17.8 Å². The minimum absolute atomic E-state index is 0.132. The third-order valence-electron chi connectivity index (χ3n) is 4.31. The van der Waals surface area contributed by atoms with Crippen LogP contribution in [-0.4, -0.2) is 31.4 Å². The molecule has 1 aliphatic heterocycles. The summed E-state index contributed by atoms with van der Waals surface area (Å²) in [5, 5.41) is 11.9. The van der Waals surface area contributed by atoms with Crippen molar-refractivity contribution < 1.29 is 18.7 Å². The average Bonchev–Trinajstić information content (AvgIpc) is 2.77. The van der Waals surface area contributed by atoms with E-state index in [0.29, 0.717) is 33.9 Å². The van der Waals surface area contributed by atoms with E-state index in [4.69, 9.17) is 22.1 Å². The minimum atomic E-state index is -0.593. The Labute approximate surface area is 188 Å². The van der Waals surface area contributed by atoms with Gasteiger partial charge in [0, 0.05) is 5.56 Å². The smallest absolute Gasteiger partial charge is 0.248 e. The summed E-state index contributed by atoms with van der Waals surface area (Å²) in [6.07, 6.45) is 1.07. The lowest BCUT2D eigenvalue weighted by Gasteiger charge is -2.23. The summed E-state index contributed by atoms with van der Waals surface area (Å²) in [6, 6.07) is 8.51. The number of primary amides is 1. The number of halogens is 2. The van der Waals surface area contributed by atoms with Crippen LogP contribution in [0.4, 0.5) is 21.5 Å². The lowest BCUT2D eigenvalue weighted by atomic mass is 10.2. The largest absolute Gasteiger partial charge is 0.495 e. The van der Waals surface area contributed by atoms with Crippen LogP contribution < -0.4 is 31.7 Å². The lowest BCUT2D eigenvalue weighted by Crippen LogP contribution is -2.37. The molecule has 6 N–H and O–H groups in total. The van der Waals surface area contributed by atoms with Gasteiger partial charge in [0.15, 0.2) is 0 Å². The number of methoxy groups -OCH3 is 1. The van der Waals surface area contributed by atoms with E-state index in [-0.39, 0.29) is 17.8 Å². The van der Waals surface area contributed by atoms with Gasteiger partial charge >= 0.3 is 0 Å². The number of rotatable bonds is 7. The molecule has 0 aliphatic carbocycles. The van der Waals surface area contributed by atoms with E-state index in [2.05, 4.69) is 32.8 Å². The number of ether oxygens (including phenoxy) is 1. The molecule has 0 saturated heterocycles. The first-order valence-corrected chi connectivity index (χ1v) is 9.63. The first-order chi connectivity index (χ1) is 15.3. The molecule has 2 amide bonds. The van der Waals surface area contributed by atoms with Crippen molar-refractivity contribution in [2.75, 3.05) is 29.6 Å². The maximum Gasteiger partial charge on any atom is 0.248 e. The van der Waals surface area contributed by atoms with Gasteiger partial charge in [-0.25, -0.2) is 9.38 Å². The standard InChI is InChI=1S/C21H20ClFN6O3/c1-3-18(30)26-15-9-12(23)5-6-14(15)27-20-13(22)10-25-21(29-20)28-16-8-11(19(24)31)4-7-17(16)32-2/h3-9,27H,1,10H2,2H3,(H2,24,31)(H,26,30)(H2,25,28,29). The van der Waals surface area contributed by atoms with E-state index in [9.17, 15) is 14.0 Å². The van der Waals surface area contributed by atoms with Crippen LogP contribution in [0.2, 0.25) is 0 Å². The van der Waals surface area contributed by atoms with Gasteiger partial charge in [-0.3, -0.25) is 9.59 Å². The van der Waals surface area contributed by atoms with Crippen LogP contribution in [0.5, 0.6) is 5.75 Å². The SMILES string of the molecule is C=CC(=O)Nc1cc(F)ccc1NC1=C(Cl)CN=C(Nc2cc(C(N)=O)ccc2OC)N1. The molecular weight excluding hydrogens is 439 g/mol. The second-order valence-corrected chi connectivity index (χ2v) is 6.94. The number of guanidine groups is 1. The molecule has 1 heterocycles. The van der Waals surface area contributed by atoms with Crippen LogP contribution in [0.3, 0.4) is 0 Å². The van der Waals surface area contributed by atoms with Crippen molar-refractivity contribution in [3.63, 3.8) is 0 Å². The topological polar surface area (TPSA) is 130 Å². The molecular formula is C21H20ClFN6O3. The van der Waals surface area contributed by atoms with Gasteiger partial charge < -0.3 is 31.7 Å². The van der Waals surface area contributed by atoms with Crippen LogP contribution >= 0.6 is 11.6 Å². The summed E-state index contributed by atoms with van der Waals surface area (Å²) in [4.78, 5) is 27.5. The van der Waals surface area contributed by atoms with Gasteiger partial charge in [-0.1, -0.05) is 18.2 Å². The molecule has 9 nitrogen and oxygen atoms in total. The van der Waals surface area contributed by atoms with Gasteiger partial charge in [-0.2, -0.15) is 0 Å². The molecule has 0 saturated carbocycles. The Morgan fingerprint density at radius 2 is 2.00 bits per heavy atom. The summed E-state index contributed by atoms with van der Waals surface area (Å²) in [6.45, 7) is 3.52. The summed E-state index contributed by atoms with van der Waals surface area (Å²) < 4.78 is 19.0. The first-order valence-electron chi connectivity index (χ1n) is 9.25. The average molecular weight is 459 g/mol. The van der Waals surface area contributed by atoms with Crippen LogP contribution in [-0.2, 0) is 4.79 Å². The number of aliphatic imine (C=N–C) groups is 1. The summed E-state index contributed by atoms with van der Waals surface area (Å²) in [5.41, 5.74) is 6.67. The zero-order valence-corrected chi connectivity index (χ0v) is 17.7. The maximum absolute atomic E-state index is 13.7. The van der Waals surface area contributed by atoms with Crippen molar-refractivity contribution in [2.45, 2.75) is 0 Å². The Kier molecular flexibility index (Phi) is 6.96. The monoisotopic (exact) mass is 458 g/mol. The maximum atomic E-state index is 13.7. The highest BCUT2D eigenvalue weighted by molar-refractivity contribution is 6.31. The number of anilines is 3. The Morgan fingerprint density at radius 1 is 1.22 bits per heavy atom. The number of nitrogens with one attached hydrogen (secondary N) is 4. The molecule has 3 rings (SSSR count). The Hall–Kier alpha value is -4.05. The van der Waals surface area contributed by atoms with Gasteiger partial charge in [0.25, 0.3) is 0 Å². The molecule has 32 heavy (non-hydrogen) atoms. The van der Waals surface area contributed by atoms with Crippen LogP contribution in [0, 0.1) is 5.82 Å². The van der Waals surface area contributed by atoms with E-state index in [1.807, 2.05) is 0 Å². The fraction of sp³-hybridized carbons (Fsp3) is 0.0952. The lowest BCUT2D eigenvalue weighted by molar-refractivity contribution is -0.111. The number of nitrogens with two attached hydrogens (primary N) is 1. The number of hydrogen-bond donors (Lipinski definition) is 5. The minimum Gasteiger partial charge on any atom is -0.495 e. The molecule has 11 heteroatoms. The quantitative estimate of drug-likeness (QED) is 0.405. The van der Waals surface area contributed by atoms with Gasteiger partial charge in [0.05, 0.1) is 35.7 Å². The number of amides is 2. The number of nitrogens with zero attached hydrogens (tertiary/aromatic N) is 1. The van der Waals surface area contributed by atoms with E-state index in [1.165, 1.54) is 25.3 Å². The Balaban J connectivity index is 1.81. The van der Waals surface area contributed by atoms with Gasteiger partial charge in [-0.05, 0) is 42.5 Å². The molecule has 0 aromatic heterocycles. The molecule has 0 radical (unpaired) electrons. The summed E-state index contributed by atoms with van der Waals surface area (Å²) in [7, 11) is 1.48. The van der Waals surface area contributed by atoms with Crippen molar-refractivity contribution in [3.8, 4) is 5.75 Å². The van der Waals surface area contributed by atoms with E-state index in [0.717, 1.165) is 12.1 Å². The van der Waals surface area contributed by atoms with Crippen LogP contribution in [0.25, 0.3) is 0 Å². The predicted octanol–water partition coefficient (Wildman–Crippen LogP) is 2.95. The zero-order valence-electron chi connectivity index (χ0n) is 17.0. The Morgan fingerprint density at radius 3 is 2.69 bits per heavy atom. The van der Waals surface area contributed by atoms with Crippen molar-refractivity contribution in [1.82, 2.24) is 5.32 Å². The third-order valence-corrected chi connectivity index (χ3v) is 4.62. The molecule has 2 aromatic carbocycles. The third kappa shape index (κ3) is 5.35. The zero-order chi connectivity index (χ0) is 23.3. The highest BCUT2D eigenvalue weighted by Gasteiger charge is 2.18. The van der Waals surface area contributed by atoms with Crippen molar-refractivity contribution >= 4 is 46.4 Å². The number of carbonyl (C=O) groups is 2. The van der Waals surface area contributed by atoms with Crippen LogP contribution in [0.1, 0.15) is 10.4 Å². The second kappa shape index (κ2) is 9.84. The number of benzene rings is 2. The van der Waals surface area contributed by atoms with Crippen LogP contribution in [0.15, 0.2) is 64.9 Å². The fourth-order valence-corrected chi connectivity index (χ4v) is 2.91. The van der Waals surface area contributed by atoms with E-state index < -0.39 is 17.6 Å². The van der Waals surface area contributed by atoms with Crippen molar-refractivity contribution in [2.24, 2.45) is 10.7 Å². The fourth-order valence-electron chi connectivity index (χ4n) is 2.76. The molecule has 0 spiro atoms.